The summed E-state index contributed by atoms with van der Waals surface area (Å²) in [6.07, 6.45) is 3.25. The molecule has 3 rings (SSSR count). The third kappa shape index (κ3) is 1.20. The van der Waals surface area contributed by atoms with Crippen molar-refractivity contribution in [2.45, 2.75) is 0 Å². The van der Waals surface area contributed by atoms with Crippen LogP contribution in [0, 0.1) is 6.42 Å². The Bertz CT molecular complexity index is 493. The first kappa shape index (κ1) is 8.42. The summed E-state index contributed by atoms with van der Waals surface area (Å²) < 4.78 is 0. The van der Waals surface area contributed by atoms with Crippen molar-refractivity contribution >= 4 is 5.78 Å². The molecule has 1 aliphatic rings. The van der Waals surface area contributed by atoms with Gasteiger partial charge in [-0.25, -0.2) is 0 Å². The molecule has 15 heavy (non-hydrogen) atoms. The maximum Gasteiger partial charge on any atom is 0.193 e. The van der Waals surface area contributed by atoms with Crippen LogP contribution in [0.25, 0.3) is 0 Å². The van der Waals surface area contributed by atoms with Gasteiger partial charge in [0.05, 0.1) is 6.42 Å². The van der Waals surface area contributed by atoms with Crippen LogP contribution in [0.3, 0.4) is 0 Å². The molecule has 0 aromatic heterocycles. The molecule has 0 bridgehead atoms. The van der Waals surface area contributed by atoms with E-state index >= 15 is 0 Å². The van der Waals surface area contributed by atoms with Crippen molar-refractivity contribution in [3.8, 4) is 0 Å². The largest absolute Gasteiger partial charge is 0.289 e. The van der Waals surface area contributed by atoms with Gasteiger partial charge in [-0.15, -0.1) is 0 Å². The topological polar surface area (TPSA) is 17.1 Å². The van der Waals surface area contributed by atoms with E-state index in [0.717, 1.165) is 22.3 Å². The van der Waals surface area contributed by atoms with E-state index in [4.69, 9.17) is 0 Å². The zero-order chi connectivity index (χ0) is 10.3. The Balaban J connectivity index is 2.24. The number of carbonyl (C=O) groups is 1. The van der Waals surface area contributed by atoms with E-state index < -0.39 is 0 Å². The first-order valence-corrected chi connectivity index (χ1v) is 4.86. The number of fused-ring (bicyclic) bond motifs is 2. The number of ketones is 1. The number of hydrogen-bond donors (Lipinski definition) is 0. The van der Waals surface area contributed by atoms with Gasteiger partial charge in [-0.3, -0.25) is 4.79 Å². The molecule has 70 valence electrons. The minimum Gasteiger partial charge on any atom is -0.289 e. The molecule has 0 aliphatic heterocycles. The van der Waals surface area contributed by atoms with E-state index in [1.54, 1.807) is 0 Å². The maximum atomic E-state index is 12.1. The normalized spacial score (nSPS) is 13.2. The van der Waals surface area contributed by atoms with Crippen LogP contribution < -0.4 is 0 Å². The molecule has 0 fully saturated rings. The van der Waals surface area contributed by atoms with Crippen LogP contribution in [-0.4, -0.2) is 5.78 Å². The van der Waals surface area contributed by atoms with Gasteiger partial charge in [0.2, 0.25) is 0 Å². The molecule has 0 saturated heterocycles. The Kier molecular flexibility index (Phi) is 1.72. The lowest BCUT2D eigenvalue weighted by Crippen LogP contribution is -2.13. The van der Waals surface area contributed by atoms with E-state index in [2.05, 4.69) is 6.42 Å². The average molecular weight is 192 g/mol. The van der Waals surface area contributed by atoms with E-state index in [-0.39, 0.29) is 5.78 Å². The standard InChI is InChI=1S/C14H8O/c15-14-12-7-3-1-5-10(12)9-11-6-2-4-8-13(11)14/h1-8H. The lowest BCUT2D eigenvalue weighted by Gasteiger charge is -2.16. The fraction of sp³-hybridized carbons (Fsp3) is 0. The molecule has 1 nitrogen and oxygen atoms in total. The van der Waals surface area contributed by atoms with Crippen molar-refractivity contribution in [1.82, 2.24) is 0 Å². The maximum absolute atomic E-state index is 12.1. The summed E-state index contributed by atoms with van der Waals surface area (Å²) in [5, 5.41) is 0. The zero-order valence-electron chi connectivity index (χ0n) is 8.03. The van der Waals surface area contributed by atoms with Gasteiger partial charge in [-0.05, 0) is 11.1 Å². The lowest BCUT2D eigenvalue weighted by atomic mass is 9.85. The minimum absolute atomic E-state index is 0.0972. The highest BCUT2D eigenvalue weighted by Gasteiger charge is 2.22. The van der Waals surface area contributed by atoms with Gasteiger partial charge in [0, 0.05) is 11.1 Å². The molecule has 0 amide bonds. The molecule has 0 atom stereocenters. The second-order valence-electron chi connectivity index (χ2n) is 3.55. The van der Waals surface area contributed by atoms with Crippen molar-refractivity contribution < 1.29 is 4.79 Å². The predicted molar refractivity (Wildman–Crippen MR) is 57.8 cm³/mol. The lowest BCUT2D eigenvalue weighted by molar-refractivity contribution is 0.103. The van der Waals surface area contributed by atoms with Gasteiger partial charge in [-0.2, -0.15) is 0 Å². The molecular weight excluding hydrogens is 184 g/mol. The number of hydrogen-bond acceptors (Lipinski definition) is 1. The molecular formula is C14H8O. The number of benzene rings is 2. The fourth-order valence-electron chi connectivity index (χ4n) is 1.87. The van der Waals surface area contributed by atoms with E-state index in [1.807, 2.05) is 48.5 Å². The SMILES string of the molecule is O=C1c2ccccc2[C]c2ccccc21. The Morgan fingerprint density at radius 3 is 1.73 bits per heavy atom. The highest BCUT2D eigenvalue weighted by molar-refractivity contribution is 6.13. The fourth-order valence-corrected chi connectivity index (χ4v) is 1.87. The molecule has 2 aromatic rings. The van der Waals surface area contributed by atoms with Crippen LogP contribution in [0.2, 0.25) is 0 Å². The highest BCUT2D eigenvalue weighted by atomic mass is 16.1. The Labute approximate surface area is 88.4 Å². The Morgan fingerprint density at radius 2 is 1.20 bits per heavy atom. The predicted octanol–water partition coefficient (Wildman–Crippen LogP) is 2.71. The quantitative estimate of drug-likeness (QED) is 0.535. The van der Waals surface area contributed by atoms with Crippen LogP contribution >= 0.6 is 0 Å². The second kappa shape index (κ2) is 3.06. The third-order valence-corrected chi connectivity index (χ3v) is 2.61. The Hall–Kier alpha value is -1.89. The van der Waals surface area contributed by atoms with E-state index in [0.29, 0.717) is 0 Å². The third-order valence-electron chi connectivity index (χ3n) is 2.61. The summed E-state index contributed by atoms with van der Waals surface area (Å²) >= 11 is 0. The van der Waals surface area contributed by atoms with Crippen LogP contribution in [0.1, 0.15) is 27.0 Å². The van der Waals surface area contributed by atoms with Crippen molar-refractivity contribution in [3.05, 3.63) is 77.2 Å². The van der Waals surface area contributed by atoms with Crippen LogP contribution in [0.15, 0.2) is 48.5 Å². The molecule has 0 N–H and O–H groups in total. The summed E-state index contributed by atoms with van der Waals surface area (Å²) in [7, 11) is 0. The van der Waals surface area contributed by atoms with Gasteiger partial charge < -0.3 is 0 Å². The molecule has 0 heterocycles. The summed E-state index contributed by atoms with van der Waals surface area (Å²) in [5.74, 6) is 0.0972. The Morgan fingerprint density at radius 1 is 0.733 bits per heavy atom. The molecule has 0 saturated carbocycles. The van der Waals surface area contributed by atoms with Gasteiger partial charge in [-0.1, -0.05) is 48.5 Å². The molecule has 0 spiro atoms. The van der Waals surface area contributed by atoms with Gasteiger partial charge in [0.15, 0.2) is 5.78 Å². The number of rotatable bonds is 0. The van der Waals surface area contributed by atoms with Crippen molar-refractivity contribution in [2.24, 2.45) is 0 Å². The van der Waals surface area contributed by atoms with Crippen LogP contribution in [0.4, 0.5) is 0 Å². The first-order chi connectivity index (χ1) is 7.36. The molecule has 1 aliphatic carbocycles. The zero-order valence-corrected chi connectivity index (χ0v) is 8.03. The highest BCUT2D eigenvalue weighted by Crippen LogP contribution is 2.27. The summed E-state index contributed by atoms with van der Waals surface area (Å²) in [6, 6.07) is 15.1. The van der Waals surface area contributed by atoms with Gasteiger partial charge in [0.25, 0.3) is 0 Å². The minimum atomic E-state index is 0.0972. The molecule has 0 unspecified atom stereocenters. The molecule has 2 aromatic carbocycles. The summed E-state index contributed by atoms with van der Waals surface area (Å²) in [5.41, 5.74) is 3.27. The smallest absolute Gasteiger partial charge is 0.193 e. The van der Waals surface area contributed by atoms with Gasteiger partial charge in [0.1, 0.15) is 0 Å². The first-order valence-electron chi connectivity index (χ1n) is 4.86. The van der Waals surface area contributed by atoms with Crippen molar-refractivity contribution in [2.75, 3.05) is 0 Å². The molecule has 1 heteroatoms. The van der Waals surface area contributed by atoms with Gasteiger partial charge >= 0.3 is 0 Å². The average Bonchev–Trinajstić information content (AvgIpc) is 2.30. The summed E-state index contributed by atoms with van der Waals surface area (Å²) in [6.45, 7) is 0. The van der Waals surface area contributed by atoms with E-state index in [9.17, 15) is 4.79 Å². The monoisotopic (exact) mass is 192 g/mol. The number of carbonyl (C=O) groups excluding carboxylic acids is 1. The van der Waals surface area contributed by atoms with Crippen molar-refractivity contribution in [1.29, 1.82) is 0 Å². The van der Waals surface area contributed by atoms with Crippen LogP contribution in [-0.2, 0) is 0 Å². The second-order valence-corrected chi connectivity index (χ2v) is 3.55. The van der Waals surface area contributed by atoms with Crippen molar-refractivity contribution in [3.63, 3.8) is 0 Å². The van der Waals surface area contributed by atoms with Crippen LogP contribution in [0.5, 0.6) is 0 Å². The summed E-state index contributed by atoms with van der Waals surface area (Å²) in [4.78, 5) is 12.1. The molecule has 2 radical (unpaired) electrons. The van der Waals surface area contributed by atoms with E-state index in [1.165, 1.54) is 0 Å².